The van der Waals surface area contributed by atoms with Crippen LogP contribution in [0.25, 0.3) is 0 Å². The second-order valence-electron chi connectivity index (χ2n) is 5.41. The van der Waals surface area contributed by atoms with E-state index in [-0.39, 0.29) is 12.1 Å². The van der Waals surface area contributed by atoms with Crippen LogP contribution in [0, 0.1) is 6.92 Å². The van der Waals surface area contributed by atoms with Crippen LogP contribution in [0.2, 0.25) is 0 Å². The maximum atomic E-state index is 12.3. The highest BCUT2D eigenvalue weighted by molar-refractivity contribution is 5.89. The van der Waals surface area contributed by atoms with Crippen LogP contribution in [0.1, 0.15) is 24.2 Å². The number of nitrogens with zero attached hydrogens (tertiary/aromatic N) is 2. The molecule has 0 saturated carbocycles. The van der Waals surface area contributed by atoms with Gasteiger partial charge >= 0.3 is 6.03 Å². The van der Waals surface area contributed by atoms with Crippen molar-refractivity contribution in [2.45, 2.75) is 19.9 Å². The summed E-state index contributed by atoms with van der Waals surface area (Å²) in [6.07, 6.45) is 1.76. The summed E-state index contributed by atoms with van der Waals surface area (Å²) in [5, 5.41) is 9.93. The molecule has 0 aliphatic carbocycles. The zero-order chi connectivity index (χ0) is 17.5. The topological polar surface area (TPSA) is 77.4 Å². The molecule has 130 valence electrons. The number of methoxy groups -OCH3 is 1. The minimum absolute atomic E-state index is 0.261. The summed E-state index contributed by atoms with van der Waals surface area (Å²) in [5.74, 6) is 0.799. The first kappa shape index (κ1) is 17.8. The molecule has 2 aromatic rings. The van der Waals surface area contributed by atoms with Crippen molar-refractivity contribution in [1.29, 1.82) is 0 Å². The molecule has 2 rings (SSSR count). The number of carbonyl (C=O) groups is 1. The number of anilines is 1. The highest BCUT2D eigenvalue weighted by Gasteiger charge is 2.16. The molecule has 24 heavy (non-hydrogen) atoms. The lowest BCUT2D eigenvalue weighted by Gasteiger charge is -2.19. The summed E-state index contributed by atoms with van der Waals surface area (Å²) in [6, 6.07) is 7.04. The van der Waals surface area contributed by atoms with Gasteiger partial charge in [0.05, 0.1) is 30.6 Å². The van der Waals surface area contributed by atoms with Gasteiger partial charge < -0.3 is 20.1 Å². The fourth-order valence-corrected chi connectivity index (χ4v) is 2.39. The molecule has 1 heterocycles. The number of aryl methyl sites for hydroxylation is 2. The first-order valence-corrected chi connectivity index (χ1v) is 7.83. The molecule has 1 unspecified atom stereocenters. The molecule has 0 aliphatic rings. The molecule has 1 aromatic carbocycles. The maximum Gasteiger partial charge on any atom is 0.319 e. The number of rotatable bonds is 7. The van der Waals surface area contributed by atoms with Crippen LogP contribution in [0.15, 0.2) is 30.5 Å². The molecular formula is C17H24N4O3. The number of urea groups is 1. The van der Waals surface area contributed by atoms with Gasteiger partial charge in [0.1, 0.15) is 5.75 Å². The van der Waals surface area contributed by atoms with Crippen molar-refractivity contribution < 1.29 is 14.3 Å². The van der Waals surface area contributed by atoms with Crippen LogP contribution >= 0.6 is 0 Å². The Morgan fingerprint density at radius 3 is 2.58 bits per heavy atom. The van der Waals surface area contributed by atoms with E-state index < -0.39 is 0 Å². The zero-order valence-corrected chi connectivity index (χ0v) is 14.5. The number of nitrogens with one attached hydrogen (secondary N) is 2. The lowest BCUT2D eigenvalue weighted by Crippen LogP contribution is -2.34. The molecule has 0 bridgehead atoms. The van der Waals surface area contributed by atoms with E-state index in [1.165, 1.54) is 0 Å². The Balaban J connectivity index is 2.04. The Morgan fingerprint density at radius 2 is 2.04 bits per heavy atom. The predicted molar refractivity (Wildman–Crippen MR) is 92.3 cm³/mol. The van der Waals surface area contributed by atoms with Crippen LogP contribution in [-0.4, -0.2) is 36.1 Å². The van der Waals surface area contributed by atoms with Crippen molar-refractivity contribution in [2.24, 2.45) is 7.05 Å². The highest BCUT2D eigenvalue weighted by Crippen LogP contribution is 2.19. The van der Waals surface area contributed by atoms with E-state index in [1.54, 1.807) is 18.0 Å². The largest absolute Gasteiger partial charge is 0.494 e. The van der Waals surface area contributed by atoms with Gasteiger partial charge in [0, 0.05) is 20.4 Å². The van der Waals surface area contributed by atoms with Crippen LogP contribution in [-0.2, 0) is 11.8 Å². The van der Waals surface area contributed by atoms with Gasteiger partial charge in [-0.05, 0) is 31.5 Å². The Labute approximate surface area is 142 Å². The third-order valence-electron chi connectivity index (χ3n) is 3.49. The van der Waals surface area contributed by atoms with Gasteiger partial charge in [0.15, 0.2) is 0 Å². The minimum atomic E-state index is -0.304. The zero-order valence-electron chi connectivity index (χ0n) is 14.5. The fraction of sp³-hybridized carbons (Fsp3) is 0.412. The van der Waals surface area contributed by atoms with Crippen molar-refractivity contribution in [3.05, 3.63) is 41.7 Å². The molecule has 2 amide bonds. The van der Waals surface area contributed by atoms with Gasteiger partial charge in [-0.2, -0.15) is 5.10 Å². The maximum absolute atomic E-state index is 12.3. The molecule has 0 fully saturated rings. The predicted octanol–water partition coefficient (Wildman–Crippen LogP) is 2.64. The van der Waals surface area contributed by atoms with Crippen molar-refractivity contribution in [3.8, 4) is 5.75 Å². The molecule has 7 heteroatoms. The quantitative estimate of drug-likeness (QED) is 0.817. The van der Waals surface area contributed by atoms with E-state index in [0.29, 0.717) is 18.9 Å². The van der Waals surface area contributed by atoms with E-state index in [1.807, 2.05) is 45.2 Å². The highest BCUT2D eigenvalue weighted by atomic mass is 16.5. The monoisotopic (exact) mass is 332 g/mol. The van der Waals surface area contributed by atoms with Crippen molar-refractivity contribution in [3.63, 3.8) is 0 Å². The molecule has 0 spiro atoms. The number of aromatic nitrogens is 2. The van der Waals surface area contributed by atoms with Gasteiger partial charge in [0.25, 0.3) is 0 Å². The molecule has 1 aromatic heterocycles. The molecular weight excluding hydrogens is 308 g/mol. The van der Waals surface area contributed by atoms with E-state index in [0.717, 1.165) is 17.0 Å². The van der Waals surface area contributed by atoms with Crippen molar-refractivity contribution in [2.75, 3.05) is 25.6 Å². The summed E-state index contributed by atoms with van der Waals surface area (Å²) >= 11 is 0. The fourth-order valence-electron chi connectivity index (χ4n) is 2.39. The third-order valence-corrected chi connectivity index (χ3v) is 3.49. The molecule has 1 atom stereocenters. The molecule has 7 nitrogen and oxygen atoms in total. The van der Waals surface area contributed by atoms with Crippen LogP contribution < -0.4 is 15.4 Å². The van der Waals surface area contributed by atoms with Gasteiger partial charge in [0.2, 0.25) is 0 Å². The lowest BCUT2D eigenvalue weighted by molar-refractivity contribution is 0.168. The first-order valence-electron chi connectivity index (χ1n) is 7.83. The van der Waals surface area contributed by atoms with Gasteiger partial charge in [-0.3, -0.25) is 4.68 Å². The summed E-state index contributed by atoms with van der Waals surface area (Å²) in [7, 11) is 3.41. The second-order valence-corrected chi connectivity index (χ2v) is 5.41. The van der Waals surface area contributed by atoms with Crippen LogP contribution in [0.4, 0.5) is 10.5 Å². The number of amides is 2. The van der Waals surface area contributed by atoms with Crippen molar-refractivity contribution >= 4 is 11.7 Å². The summed E-state index contributed by atoms with van der Waals surface area (Å²) in [4.78, 5) is 12.3. The molecule has 0 saturated heterocycles. The summed E-state index contributed by atoms with van der Waals surface area (Å²) in [6.45, 7) is 4.77. The van der Waals surface area contributed by atoms with Gasteiger partial charge in [-0.1, -0.05) is 12.1 Å². The Bertz CT molecular complexity index is 667. The minimum Gasteiger partial charge on any atom is -0.494 e. The van der Waals surface area contributed by atoms with E-state index in [2.05, 4.69) is 15.7 Å². The number of benzene rings is 1. The Kier molecular flexibility index (Phi) is 6.20. The molecule has 2 N–H and O–H groups in total. The Morgan fingerprint density at radius 1 is 1.33 bits per heavy atom. The van der Waals surface area contributed by atoms with Crippen molar-refractivity contribution in [1.82, 2.24) is 15.1 Å². The molecule has 0 aliphatic heterocycles. The number of carbonyl (C=O) groups excluding carboxylic acids is 1. The number of ether oxygens (including phenoxy) is 2. The summed E-state index contributed by atoms with van der Waals surface area (Å²) in [5.41, 5.74) is 2.38. The van der Waals surface area contributed by atoms with Crippen LogP contribution in [0.5, 0.6) is 5.75 Å². The van der Waals surface area contributed by atoms with E-state index in [9.17, 15) is 4.79 Å². The normalized spacial score (nSPS) is 11.8. The van der Waals surface area contributed by atoms with E-state index in [4.69, 9.17) is 9.47 Å². The molecule has 0 radical (unpaired) electrons. The van der Waals surface area contributed by atoms with Crippen LogP contribution in [0.3, 0.4) is 0 Å². The Hall–Kier alpha value is -2.54. The number of hydrogen-bond donors (Lipinski definition) is 2. The first-order chi connectivity index (χ1) is 11.5. The second kappa shape index (κ2) is 8.35. The summed E-state index contributed by atoms with van der Waals surface area (Å²) < 4.78 is 12.3. The average Bonchev–Trinajstić information content (AvgIpc) is 2.85. The van der Waals surface area contributed by atoms with E-state index >= 15 is 0 Å². The average molecular weight is 332 g/mol. The smallest absolute Gasteiger partial charge is 0.319 e. The SMILES string of the molecule is CCOc1ccc(C(COC)NC(=O)Nc2cn(C)nc2C)cc1. The van der Waals surface area contributed by atoms with Gasteiger partial charge in [-0.25, -0.2) is 4.79 Å². The lowest BCUT2D eigenvalue weighted by atomic mass is 10.1. The third kappa shape index (κ3) is 4.73. The standard InChI is InChI=1S/C17H24N4O3/c1-5-24-14-8-6-13(7-9-14)16(11-23-4)19-17(22)18-15-10-21(3)20-12(15)2/h6-10,16H,5,11H2,1-4H3,(H2,18,19,22). The van der Waals surface area contributed by atoms with Gasteiger partial charge in [-0.15, -0.1) is 0 Å². The number of hydrogen-bond acceptors (Lipinski definition) is 4.